The van der Waals surface area contributed by atoms with Crippen LogP contribution in [0.5, 0.6) is 0 Å². The van der Waals surface area contributed by atoms with Crippen LogP contribution in [0.2, 0.25) is 0 Å². The van der Waals surface area contributed by atoms with Gasteiger partial charge in [-0.15, -0.1) is 0 Å². The summed E-state index contributed by atoms with van der Waals surface area (Å²) in [6.45, 7) is 0. The Hall–Kier alpha value is -3.25. The molecule has 0 aliphatic rings. The van der Waals surface area contributed by atoms with Crippen LogP contribution in [0.3, 0.4) is 0 Å². The fourth-order valence-corrected chi connectivity index (χ4v) is 3.41. The number of hydrogen-bond acceptors (Lipinski definition) is 5. The van der Waals surface area contributed by atoms with Gasteiger partial charge in [0.15, 0.2) is 0 Å². The van der Waals surface area contributed by atoms with Crippen molar-refractivity contribution in [3.8, 4) is 11.4 Å². The molecule has 5 nitrogen and oxygen atoms in total. The number of thiophene rings is 1. The molecule has 0 bridgehead atoms. The molecule has 0 fully saturated rings. The fraction of sp³-hybridized carbons (Fsp3) is 0.0500. The molecule has 0 amide bonds. The molecule has 0 aliphatic heterocycles. The topological polar surface area (TPSA) is 76.2 Å². The van der Waals surface area contributed by atoms with Crippen LogP contribution in [-0.4, -0.2) is 21.2 Å². The summed E-state index contributed by atoms with van der Waals surface area (Å²) in [6, 6.07) is 15.7. The van der Waals surface area contributed by atoms with E-state index < -0.39 is 5.97 Å². The predicted molar refractivity (Wildman–Crippen MR) is 102 cm³/mol. The van der Waals surface area contributed by atoms with E-state index in [0.29, 0.717) is 11.4 Å². The highest BCUT2D eigenvalue weighted by molar-refractivity contribution is 7.08. The van der Waals surface area contributed by atoms with Crippen molar-refractivity contribution >= 4 is 39.7 Å². The fourth-order valence-electron chi connectivity index (χ4n) is 2.78. The van der Waals surface area contributed by atoms with Crippen molar-refractivity contribution < 1.29 is 14.4 Å². The first-order valence-electron chi connectivity index (χ1n) is 7.97. The molecule has 26 heavy (non-hydrogen) atoms. The van der Waals surface area contributed by atoms with Crippen LogP contribution in [0, 0.1) is 0 Å². The first-order chi connectivity index (χ1) is 12.7. The number of nitrogens with zero attached hydrogens (tertiary/aromatic N) is 2. The van der Waals surface area contributed by atoms with Gasteiger partial charge >= 0.3 is 5.97 Å². The number of carboxylic acid groups (broad SMARTS) is 1. The van der Waals surface area contributed by atoms with E-state index in [1.165, 1.54) is 11.3 Å². The number of rotatable bonds is 5. The molecule has 2 aromatic carbocycles. The van der Waals surface area contributed by atoms with Gasteiger partial charge in [-0.1, -0.05) is 47.6 Å². The quantitative estimate of drug-likeness (QED) is 0.542. The lowest BCUT2D eigenvalue weighted by molar-refractivity contribution is -0.135. The molecular formula is C20H14N2O3S. The second-order valence-electron chi connectivity index (χ2n) is 5.74. The van der Waals surface area contributed by atoms with Crippen LogP contribution in [0.25, 0.3) is 33.8 Å². The Kier molecular flexibility index (Phi) is 4.33. The number of hydrogen-bond donors (Lipinski definition) is 1. The van der Waals surface area contributed by atoms with Gasteiger partial charge in [0.05, 0.1) is 6.42 Å². The third kappa shape index (κ3) is 3.27. The van der Waals surface area contributed by atoms with Gasteiger partial charge in [-0.2, -0.15) is 16.3 Å². The molecule has 128 valence electrons. The van der Waals surface area contributed by atoms with Gasteiger partial charge in [0, 0.05) is 16.5 Å². The molecule has 1 N–H and O–H groups in total. The van der Waals surface area contributed by atoms with Crippen LogP contribution in [0.15, 0.2) is 63.8 Å². The number of carbonyl (C=O) groups is 1. The van der Waals surface area contributed by atoms with E-state index in [0.717, 1.165) is 21.9 Å². The molecular weight excluding hydrogens is 348 g/mol. The molecule has 4 aromatic rings. The van der Waals surface area contributed by atoms with Crippen LogP contribution >= 0.6 is 11.3 Å². The number of benzene rings is 2. The highest BCUT2D eigenvalue weighted by atomic mass is 32.1. The predicted octanol–water partition coefficient (Wildman–Crippen LogP) is 4.97. The first-order valence-corrected chi connectivity index (χ1v) is 8.92. The summed E-state index contributed by atoms with van der Waals surface area (Å²) < 4.78 is 5.35. The van der Waals surface area contributed by atoms with E-state index in [9.17, 15) is 9.90 Å². The van der Waals surface area contributed by atoms with Gasteiger partial charge in [0.2, 0.25) is 5.82 Å². The van der Waals surface area contributed by atoms with Gasteiger partial charge in [-0.25, -0.2) is 0 Å². The van der Waals surface area contributed by atoms with Crippen molar-refractivity contribution in [1.82, 2.24) is 10.1 Å². The Labute approximate surface area is 153 Å². The zero-order chi connectivity index (χ0) is 17.9. The third-order valence-corrected chi connectivity index (χ3v) is 4.66. The molecule has 0 spiro atoms. The summed E-state index contributed by atoms with van der Waals surface area (Å²) in [7, 11) is 0. The Bertz CT molecular complexity index is 1090. The van der Waals surface area contributed by atoms with E-state index in [2.05, 4.69) is 10.1 Å². The number of fused-ring (bicyclic) bond motifs is 1. The molecule has 0 unspecified atom stereocenters. The normalized spacial score (nSPS) is 11.8. The van der Waals surface area contributed by atoms with Gasteiger partial charge in [0.25, 0.3) is 5.89 Å². The molecule has 0 saturated carbocycles. The van der Waals surface area contributed by atoms with Crippen LogP contribution in [0.4, 0.5) is 0 Å². The zero-order valence-corrected chi connectivity index (χ0v) is 14.4. The smallest absolute Gasteiger partial charge is 0.308 e. The molecule has 6 heteroatoms. The maximum Gasteiger partial charge on any atom is 0.308 e. The largest absolute Gasteiger partial charge is 0.481 e. The zero-order valence-electron chi connectivity index (χ0n) is 13.6. The molecule has 0 radical (unpaired) electrons. The van der Waals surface area contributed by atoms with E-state index in [1.807, 2.05) is 59.3 Å². The summed E-state index contributed by atoms with van der Waals surface area (Å²) in [6.07, 6.45) is 1.61. The van der Waals surface area contributed by atoms with E-state index in [-0.39, 0.29) is 12.3 Å². The van der Waals surface area contributed by atoms with Crippen LogP contribution in [0.1, 0.15) is 17.9 Å². The Morgan fingerprint density at radius 2 is 2.00 bits per heavy atom. The Balaban J connectivity index is 1.80. The average Bonchev–Trinajstić information content (AvgIpc) is 3.32. The minimum absolute atomic E-state index is 0.200. The monoisotopic (exact) mass is 362 g/mol. The Morgan fingerprint density at radius 3 is 2.81 bits per heavy atom. The van der Waals surface area contributed by atoms with Gasteiger partial charge in [-0.05, 0) is 33.9 Å². The standard InChI is InChI=1S/C20H14N2O3S/c23-18(24)11-16(20-21-19(22-25-20)15-8-9-26-12-15)10-14-6-3-5-13-4-1-2-7-17(13)14/h1-10,12H,11H2,(H,23,24)/b16-10+. The lowest BCUT2D eigenvalue weighted by atomic mass is 10.0. The van der Waals surface area contributed by atoms with E-state index in [4.69, 9.17) is 4.52 Å². The molecule has 0 aliphatic carbocycles. The molecule has 4 rings (SSSR count). The summed E-state index contributed by atoms with van der Waals surface area (Å²) in [5.41, 5.74) is 2.24. The molecule has 0 saturated heterocycles. The molecule has 2 aromatic heterocycles. The SMILES string of the molecule is O=C(O)C/C(=C\c1cccc2ccccc12)c1nc(-c2ccsc2)no1. The number of aromatic nitrogens is 2. The van der Waals surface area contributed by atoms with Crippen LogP contribution in [-0.2, 0) is 4.79 Å². The lowest BCUT2D eigenvalue weighted by Gasteiger charge is -2.04. The highest BCUT2D eigenvalue weighted by Crippen LogP contribution is 2.27. The van der Waals surface area contributed by atoms with Crippen molar-refractivity contribution in [2.45, 2.75) is 6.42 Å². The third-order valence-electron chi connectivity index (χ3n) is 3.97. The maximum absolute atomic E-state index is 11.3. The summed E-state index contributed by atoms with van der Waals surface area (Å²) in [5, 5.41) is 19.2. The molecule has 2 heterocycles. The minimum Gasteiger partial charge on any atom is -0.481 e. The van der Waals surface area contributed by atoms with Gasteiger partial charge in [-0.3, -0.25) is 4.79 Å². The van der Waals surface area contributed by atoms with Crippen molar-refractivity contribution in [1.29, 1.82) is 0 Å². The van der Waals surface area contributed by atoms with Crippen molar-refractivity contribution in [2.24, 2.45) is 0 Å². The second-order valence-corrected chi connectivity index (χ2v) is 6.52. The second kappa shape index (κ2) is 6.93. The van der Waals surface area contributed by atoms with Gasteiger partial charge < -0.3 is 9.63 Å². The van der Waals surface area contributed by atoms with E-state index in [1.54, 1.807) is 6.08 Å². The summed E-state index contributed by atoms with van der Waals surface area (Å²) >= 11 is 1.54. The van der Waals surface area contributed by atoms with Crippen molar-refractivity contribution in [2.75, 3.05) is 0 Å². The summed E-state index contributed by atoms with van der Waals surface area (Å²) in [4.78, 5) is 15.7. The average molecular weight is 362 g/mol. The van der Waals surface area contributed by atoms with Crippen molar-refractivity contribution in [3.05, 3.63) is 70.7 Å². The lowest BCUT2D eigenvalue weighted by Crippen LogP contribution is -1.97. The maximum atomic E-state index is 11.3. The van der Waals surface area contributed by atoms with Crippen LogP contribution < -0.4 is 0 Å². The number of aliphatic carboxylic acids is 1. The van der Waals surface area contributed by atoms with Crippen molar-refractivity contribution in [3.63, 3.8) is 0 Å². The minimum atomic E-state index is -0.952. The summed E-state index contributed by atoms with van der Waals surface area (Å²) in [5.74, 6) is -0.274. The first kappa shape index (κ1) is 16.2. The number of carboxylic acids is 1. The van der Waals surface area contributed by atoms with E-state index >= 15 is 0 Å². The molecule has 0 atom stereocenters. The Morgan fingerprint density at radius 1 is 1.15 bits per heavy atom. The van der Waals surface area contributed by atoms with Gasteiger partial charge in [0.1, 0.15) is 0 Å². The highest BCUT2D eigenvalue weighted by Gasteiger charge is 2.16.